The summed E-state index contributed by atoms with van der Waals surface area (Å²) in [6.07, 6.45) is -16.8. The minimum Gasteiger partial charge on any atom is -0.394 e. The molecule has 46 heavy (non-hydrogen) atoms. The van der Waals surface area contributed by atoms with Gasteiger partial charge in [0, 0.05) is 19.0 Å². The smallest absolute Gasteiger partial charge is 0.254 e. The Hall–Kier alpha value is -2.55. The first-order chi connectivity index (χ1) is 21.5. The fraction of sp³-hybridized carbons (Fsp3) is 0.875. The lowest BCUT2D eigenvalue weighted by Gasteiger charge is -2.49. The highest BCUT2D eigenvalue weighted by atomic mass is 16.7. The van der Waals surface area contributed by atoms with Crippen LogP contribution in [-0.4, -0.2) is 170 Å². The minimum atomic E-state index is -1.98. The van der Waals surface area contributed by atoms with Crippen LogP contribution in [0.15, 0.2) is 9.98 Å². The van der Waals surface area contributed by atoms with Crippen molar-refractivity contribution < 1.29 is 59.5 Å². The van der Waals surface area contributed by atoms with E-state index in [-0.39, 0.29) is 25.3 Å². The second-order valence-corrected chi connectivity index (χ2v) is 12.0. The van der Waals surface area contributed by atoms with Crippen LogP contribution in [0, 0.1) is 0 Å². The molecule has 3 unspecified atom stereocenters. The van der Waals surface area contributed by atoms with Gasteiger partial charge in [-0.25, -0.2) is 9.98 Å². The van der Waals surface area contributed by atoms with E-state index in [0.29, 0.717) is 0 Å². The highest BCUT2D eigenvalue weighted by Crippen LogP contribution is 2.40. The quantitative estimate of drug-likeness (QED) is 0.0759. The second-order valence-electron chi connectivity index (χ2n) is 12.0. The van der Waals surface area contributed by atoms with Gasteiger partial charge in [-0.2, -0.15) is 0 Å². The number of guanidine groups is 2. The van der Waals surface area contributed by atoms with Gasteiger partial charge in [-0.15, -0.1) is 0 Å². The van der Waals surface area contributed by atoms with E-state index in [1.54, 1.807) is 0 Å². The Labute approximate surface area is 262 Å². The molecule has 0 aromatic carbocycles. The maximum atomic E-state index is 13.2. The molecule has 0 aromatic heterocycles. The number of amides is 1. The van der Waals surface area contributed by atoms with Gasteiger partial charge >= 0.3 is 0 Å². The Bertz CT molecular complexity index is 1130. The van der Waals surface area contributed by atoms with E-state index < -0.39 is 122 Å². The molecule has 0 bridgehead atoms. The summed E-state index contributed by atoms with van der Waals surface area (Å²) >= 11 is 0. The summed E-state index contributed by atoms with van der Waals surface area (Å²) in [5.41, 5.74) is 37.8. The molecule has 2 heterocycles. The van der Waals surface area contributed by atoms with Crippen molar-refractivity contribution in [2.24, 2.45) is 50.1 Å². The number of aliphatic hydroxyl groups excluding tert-OH is 6. The number of nitrogens with two attached hydrogens (primary N) is 7. The lowest BCUT2D eigenvalue weighted by Crippen LogP contribution is -2.69. The fourth-order valence-electron chi connectivity index (χ4n) is 5.91. The molecule has 4 fully saturated rings. The van der Waals surface area contributed by atoms with E-state index in [0.717, 1.165) is 0 Å². The summed E-state index contributed by atoms with van der Waals surface area (Å²) in [4.78, 5) is 20.9. The van der Waals surface area contributed by atoms with E-state index in [4.69, 9.17) is 59.1 Å². The van der Waals surface area contributed by atoms with Crippen LogP contribution in [-0.2, 0) is 23.7 Å². The molecule has 0 aromatic rings. The molecule has 22 N–H and O–H groups in total. The normalized spacial score (nSPS) is 47.4. The molecule has 2 saturated heterocycles. The summed E-state index contributed by atoms with van der Waals surface area (Å²) in [7, 11) is 0. The number of aliphatic imine (C=N–C) groups is 2. The monoisotopic (exact) mass is 666 g/mol. The molecule has 2 aliphatic heterocycles. The van der Waals surface area contributed by atoms with Crippen molar-refractivity contribution in [1.82, 2.24) is 5.32 Å². The van der Waals surface area contributed by atoms with Gasteiger partial charge in [-0.3, -0.25) is 4.79 Å². The van der Waals surface area contributed by atoms with Crippen molar-refractivity contribution in [3.63, 3.8) is 0 Å². The lowest BCUT2D eigenvalue weighted by atomic mass is 9.83. The topological polar surface area (TPSA) is 414 Å². The fourth-order valence-corrected chi connectivity index (χ4v) is 5.91. The Morgan fingerprint density at radius 1 is 0.848 bits per heavy atom. The number of ether oxygens (including phenoxy) is 4. The third-order valence-electron chi connectivity index (χ3n) is 8.65. The van der Waals surface area contributed by atoms with Crippen molar-refractivity contribution in [3.05, 3.63) is 0 Å². The lowest BCUT2D eigenvalue weighted by molar-refractivity contribution is -0.319. The maximum Gasteiger partial charge on any atom is 0.254 e. The first-order valence-electron chi connectivity index (χ1n) is 14.6. The first kappa shape index (κ1) is 36.3. The van der Waals surface area contributed by atoms with Crippen molar-refractivity contribution in [3.8, 4) is 0 Å². The number of hydrogen-bond donors (Lipinski definition) is 15. The van der Waals surface area contributed by atoms with Gasteiger partial charge in [0.25, 0.3) is 5.91 Å². The average molecular weight is 667 g/mol. The van der Waals surface area contributed by atoms with Crippen LogP contribution >= 0.6 is 0 Å². The molecular weight excluding hydrogens is 620 g/mol. The highest BCUT2D eigenvalue weighted by Gasteiger charge is 2.61. The maximum absolute atomic E-state index is 13.2. The van der Waals surface area contributed by atoms with Gasteiger partial charge in [0.15, 0.2) is 30.1 Å². The Balaban J connectivity index is 1.62. The van der Waals surface area contributed by atoms with Crippen molar-refractivity contribution >= 4 is 17.8 Å². The third-order valence-corrected chi connectivity index (χ3v) is 8.65. The molecule has 1 amide bonds. The molecule has 22 heteroatoms. The average Bonchev–Trinajstić information content (AvgIpc) is 3.65. The van der Waals surface area contributed by atoms with Crippen LogP contribution in [0.25, 0.3) is 0 Å². The van der Waals surface area contributed by atoms with Gasteiger partial charge < -0.3 is 100 Å². The van der Waals surface area contributed by atoms with Crippen LogP contribution in [0.5, 0.6) is 0 Å². The Morgan fingerprint density at radius 3 is 2.04 bits per heavy atom. The molecule has 22 nitrogen and oxygen atoms in total. The van der Waals surface area contributed by atoms with E-state index in [2.05, 4.69) is 15.3 Å². The number of nitrogens with one attached hydrogen (secondary N) is 1. The van der Waals surface area contributed by atoms with Gasteiger partial charge in [0.1, 0.15) is 61.0 Å². The number of hydrogen-bond acceptors (Lipinski definition) is 17. The zero-order chi connectivity index (χ0) is 34.2. The highest BCUT2D eigenvalue weighted by molar-refractivity contribution is 5.90. The SMILES string of the molecule is NC[C@H]1O[C@H](OC2[C@@H](N)C[C@@H](NC(=O)C3(O)CC3N=C(N)N)[C@H](O[C@H]3O[C@H](CO)[C@@H](O)[C@H](N)[C@H]3O)[C@H]2O)[C@H](N=C(N)N)[C@@H](O)[C@@H]1O. The van der Waals surface area contributed by atoms with Crippen molar-refractivity contribution in [2.45, 2.75) is 116 Å². The van der Waals surface area contributed by atoms with Crippen LogP contribution in [0.3, 0.4) is 0 Å². The molecule has 4 rings (SSSR count). The minimum absolute atomic E-state index is 0.105. The zero-order valence-electron chi connectivity index (χ0n) is 24.7. The number of nitrogens with zero attached hydrogens (tertiary/aromatic N) is 2. The zero-order valence-corrected chi connectivity index (χ0v) is 24.7. The van der Waals surface area contributed by atoms with Crippen molar-refractivity contribution in [1.29, 1.82) is 0 Å². The van der Waals surface area contributed by atoms with E-state index >= 15 is 0 Å². The third kappa shape index (κ3) is 7.29. The number of carbonyl (C=O) groups is 1. The van der Waals surface area contributed by atoms with Gasteiger partial charge in [-0.1, -0.05) is 0 Å². The molecule has 264 valence electrons. The van der Waals surface area contributed by atoms with Crippen molar-refractivity contribution in [2.75, 3.05) is 13.2 Å². The van der Waals surface area contributed by atoms with Gasteiger partial charge in [0.05, 0.1) is 24.7 Å². The summed E-state index contributed by atoms with van der Waals surface area (Å²) in [6.45, 7) is -0.948. The number of rotatable bonds is 10. The van der Waals surface area contributed by atoms with E-state index in [1.165, 1.54) is 0 Å². The van der Waals surface area contributed by atoms with Crippen LogP contribution in [0.4, 0.5) is 0 Å². The standard InChI is InChI=1S/C24H46N10O12/c25-3-7-13(37)15(39)11(34-23(30)31)19(43-7)45-17-5(26)1-6(32-21(41)24(42)2-9(24)33-22(28)29)18(16(17)40)46-20-14(38)10(27)12(36)8(4-35)44-20/h5-20,35-40,42H,1-4,25-27H2,(H,32,41)(H4,28,29,33)(H4,30,31,34)/t5-,6+,7+,8+,9?,10-,11+,12+,13+,14+,15+,16-,17?,18-,19+,20+,24?/m0/s1. The molecule has 2 saturated carbocycles. The van der Waals surface area contributed by atoms with Crippen LogP contribution in [0.1, 0.15) is 12.8 Å². The summed E-state index contributed by atoms with van der Waals surface area (Å²) in [5.74, 6) is -1.74. The van der Waals surface area contributed by atoms with E-state index in [9.17, 15) is 40.5 Å². The summed E-state index contributed by atoms with van der Waals surface area (Å²) in [6, 6.07) is -5.96. The van der Waals surface area contributed by atoms with E-state index in [1.807, 2.05) is 0 Å². The van der Waals surface area contributed by atoms with Crippen LogP contribution < -0.4 is 45.5 Å². The number of aliphatic hydroxyl groups is 7. The molecular formula is C24H46N10O12. The first-order valence-corrected chi connectivity index (χ1v) is 14.6. The largest absolute Gasteiger partial charge is 0.394 e. The summed E-state index contributed by atoms with van der Waals surface area (Å²) < 4.78 is 23.2. The molecule has 0 radical (unpaired) electrons. The second kappa shape index (κ2) is 14.3. The predicted molar refractivity (Wildman–Crippen MR) is 155 cm³/mol. The molecule has 2 aliphatic carbocycles. The van der Waals surface area contributed by atoms with Crippen LogP contribution in [0.2, 0.25) is 0 Å². The molecule has 0 spiro atoms. The van der Waals surface area contributed by atoms with Gasteiger partial charge in [-0.05, 0) is 6.42 Å². The predicted octanol–water partition coefficient (Wildman–Crippen LogP) is -10.1. The Kier molecular flexibility index (Phi) is 11.3. The number of carbonyl (C=O) groups excluding carboxylic acids is 1. The summed E-state index contributed by atoms with van der Waals surface area (Å²) in [5, 5.41) is 76.7. The molecule has 4 aliphatic rings. The van der Waals surface area contributed by atoms with Gasteiger partial charge in [0.2, 0.25) is 0 Å². The molecule has 17 atom stereocenters. The Morgan fingerprint density at radius 2 is 1.46 bits per heavy atom.